The van der Waals surface area contributed by atoms with E-state index >= 15 is 0 Å². The van der Waals surface area contributed by atoms with Crippen molar-refractivity contribution >= 4 is 21.6 Å². The first kappa shape index (κ1) is 22.7. The summed E-state index contributed by atoms with van der Waals surface area (Å²) in [7, 11) is -3.97. The van der Waals surface area contributed by atoms with Crippen LogP contribution in [0.1, 0.15) is 36.7 Å². The van der Waals surface area contributed by atoms with Gasteiger partial charge in [-0.05, 0) is 57.2 Å². The molecule has 0 saturated carbocycles. The number of rotatable bonds is 7. The Labute approximate surface area is 167 Å². The van der Waals surface area contributed by atoms with Crippen LogP contribution in [0.15, 0.2) is 47.4 Å². The Morgan fingerprint density at radius 1 is 1.14 bits per heavy atom. The first-order valence-electron chi connectivity index (χ1n) is 8.72. The zero-order valence-corrected chi connectivity index (χ0v) is 16.8. The lowest BCUT2D eigenvalue weighted by atomic mass is 10.1. The molecular formula is C19H21F3N2O4S. The van der Waals surface area contributed by atoms with Crippen molar-refractivity contribution in [1.82, 2.24) is 4.72 Å². The Balaban J connectivity index is 2.37. The summed E-state index contributed by atoms with van der Waals surface area (Å²) in [4.78, 5) is 12.3. The van der Waals surface area contributed by atoms with E-state index in [0.29, 0.717) is 0 Å². The average Bonchev–Trinajstić information content (AvgIpc) is 2.60. The first-order chi connectivity index (χ1) is 13.4. The summed E-state index contributed by atoms with van der Waals surface area (Å²) in [6, 6.07) is 7.55. The molecule has 0 saturated heterocycles. The van der Waals surface area contributed by atoms with Crippen LogP contribution in [-0.4, -0.2) is 27.0 Å². The number of carbonyl (C=O) groups is 1. The topological polar surface area (TPSA) is 84.5 Å². The van der Waals surface area contributed by atoms with Crippen LogP contribution in [0.5, 0.6) is 5.75 Å². The number of ether oxygens (including phenoxy) is 1. The summed E-state index contributed by atoms with van der Waals surface area (Å²) < 4.78 is 71.4. The zero-order chi connectivity index (χ0) is 21.8. The molecule has 158 valence electrons. The summed E-state index contributed by atoms with van der Waals surface area (Å²) in [5.41, 5.74) is -1.02. The van der Waals surface area contributed by atoms with Crippen LogP contribution in [0.4, 0.5) is 18.9 Å². The van der Waals surface area contributed by atoms with Crippen molar-refractivity contribution in [2.45, 2.75) is 37.9 Å². The van der Waals surface area contributed by atoms with E-state index in [1.54, 1.807) is 20.8 Å². The molecule has 0 aliphatic heterocycles. The molecule has 0 heterocycles. The molecular weight excluding hydrogens is 409 g/mol. The summed E-state index contributed by atoms with van der Waals surface area (Å²) in [5, 5.41) is 2.35. The highest BCUT2D eigenvalue weighted by Crippen LogP contribution is 2.31. The van der Waals surface area contributed by atoms with Gasteiger partial charge in [0, 0.05) is 17.3 Å². The summed E-state index contributed by atoms with van der Waals surface area (Å²) in [5.74, 6) is -0.690. The number of halogens is 3. The molecule has 0 aliphatic rings. The lowest BCUT2D eigenvalue weighted by Crippen LogP contribution is -2.30. The molecule has 0 atom stereocenters. The van der Waals surface area contributed by atoms with Gasteiger partial charge in [-0.3, -0.25) is 4.79 Å². The molecule has 6 nitrogen and oxygen atoms in total. The Kier molecular flexibility index (Phi) is 6.91. The Bertz CT molecular complexity index is 989. The number of sulfonamides is 1. The third kappa shape index (κ3) is 5.94. The van der Waals surface area contributed by atoms with Gasteiger partial charge in [0.2, 0.25) is 10.0 Å². The second-order valence-electron chi connectivity index (χ2n) is 6.40. The van der Waals surface area contributed by atoms with Gasteiger partial charge in [-0.25, -0.2) is 13.1 Å². The maximum absolute atomic E-state index is 12.8. The highest BCUT2D eigenvalue weighted by molar-refractivity contribution is 7.89. The van der Waals surface area contributed by atoms with Gasteiger partial charge in [-0.2, -0.15) is 13.2 Å². The Morgan fingerprint density at radius 3 is 2.41 bits per heavy atom. The van der Waals surface area contributed by atoms with Gasteiger partial charge in [-0.1, -0.05) is 6.07 Å². The van der Waals surface area contributed by atoms with E-state index in [1.807, 2.05) is 0 Å². The fraction of sp³-hybridized carbons (Fsp3) is 0.316. The second kappa shape index (κ2) is 8.83. The molecule has 0 aromatic heterocycles. The highest BCUT2D eigenvalue weighted by Gasteiger charge is 2.30. The fourth-order valence-electron chi connectivity index (χ4n) is 2.48. The third-order valence-corrected chi connectivity index (χ3v) is 5.31. The second-order valence-corrected chi connectivity index (χ2v) is 8.09. The van der Waals surface area contributed by atoms with Crippen LogP contribution < -0.4 is 14.8 Å². The summed E-state index contributed by atoms with van der Waals surface area (Å²) in [6.45, 7) is 5.17. The molecule has 0 unspecified atom stereocenters. The normalized spacial score (nSPS) is 12.1. The molecule has 0 aliphatic carbocycles. The number of anilines is 1. The van der Waals surface area contributed by atoms with E-state index in [4.69, 9.17) is 4.74 Å². The highest BCUT2D eigenvalue weighted by atomic mass is 32.2. The molecule has 1 amide bonds. The van der Waals surface area contributed by atoms with Crippen LogP contribution >= 0.6 is 0 Å². The van der Waals surface area contributed by atoms with E-state index < -0.39 is 33.7 Å². The molecule has 2 rings (SSSR count). The molecule has 2 aromatic carbocycles. The van der Waals surface area contributed by atoms with Crippen molar-refractivity contribution in [2.24, 2.45) is 0 Å². The maximum atomic E-state index is 12.8. The van der Waals surface area contributed by atoms with Crippen LogP contribution in [0.2, 0.25) is 0 Å². The fourth-order valence-corrected chi connectivity index (χ4v) is 3.91. The van der Waals surface area contributed by atoms with E-state index in [0.717, 1.165) is 18.2 Å². The largest absolute Gasteiger partial charge is 0.492 e. The number of benzene rings is 2. The monoisotopic (exact) mass is 430 g/mol. The van der Waals surface area contributed by atoms with Gasteiger partial charge < -0.3 is 10.1 Å². The van der Waals surface area contributed by atoms with Gasteiger partial charge in [0.05, 0.1) is 12.2 Å². The lowest BCUT2D eigenvalue weighted by Gasteiger charge is -2.15. The molecule has 29 heavy (non-hydrogen) atoms. The molecule has 0 bridgehead atoms. The van der Waals surface area contributed by atoms with Crippen molar-refractivity contribution in [3.8, 4) is 5.75 Å². The van der Waals surface area contributed by atoms with E-state index in [2.05, 4.69) is 10.0 Å². The van der Waals surface area contributed by atoms with E-state index in [1.165, 1.54) is 24.3 Å². The predicted octanol–water partition coefficient (Wildman–Crippen LogP) is 4.04. The number of amides is 1. The number of carbonyl (C=O) groups excluding carboxylic acids is 1. The molecule has 0 spiro atoms. The Morgan fingerprint density at radius 2 is 1.83 bits per heavy atom. The van der Waals surface area contributed by atoms with Crippen LogP contribution in [0.3, 0.4) is 0 Å². The van der Waals surface area contributed by atoms with Gasteiger partial charge in [0.15, 0.2) is 0 Å². The van der Waals surface area contributed by atoms with Crippen LogP contribution in [0, 0.1) is 0 Å². The van der Waals surface area contributed by atoms with Crippen molar-refractivity contribution in [3.05, 3.63) is 53.6 Å². The standard InChI is InChI=1S/C19H21F3N2O4S/c1-4-28-16-9-8-13(10-17(16)29(26,27)24-12(2)3)18(25)23-15-7-5-6-14(11-15)19(20,21)22/h5-12,24H,4H2,1-3H3,(H,23,25). The van der Waals surface area contributed by atoms with E-state index in [-0.39, 0.29) is 28.5 Å². The van der Waals surface area contributed by atoms with Crippen molar-refractivity contribution in [3.63, 3.8) is 0 Å². The first-order valence-corrected chi connectivity index (χ1v) is 10.2. The summed E-state index contributed by atoms with van der Waals surface area (Å²) >= 11 is 0. The minimum atomic E-state index is -4.55. The molecule has 2 N–H and O–H groups in total. The minimum absolute atomic E-state index is 0.0463. The smallest absolute Gasteiger partial charge is 0.416 e. The van der Waals surface area contributed by atoms with Gasteiger partial charge in [0.1, 0.15) is 10.6 Å². The lowest BCUT2D eigenvalue weighted by molar-refractivity contribution is -0.137. The van der Waals surface area contributed by atoms with Gasteiger partial charge >= 0.3 is 6.18 Å². The zero-order valence-electron chi connectivity index (χ0n) is 16.0. The van der Waals surface area contributed by atoms with Crippen molar-refractivity contribution in [1.29, 1.82) is 0 Å². The number of hydrogen-bond acceptors (Lipinski definition) is 4. The summed E-state index contributed by atoms with van der Waals surface area (Å²) in [6.07, 6.45) is -4.55. The molecule has 0 radical (unpaired) electrons. The van der Waals surface area contributed by atoms with Gasteiger partial charge in [-0.15, -0.1) is 0 Å². The minimum Gasteiger partial charge on any atom is -0.492 e. The average molecular weight is 430 g/mol. The quantitative estimate of drug-likeness (QED) is 0.694. The number of hydrogen-bond donors (Lipinski definition) is 2. The molecule has 2 aromatic rings. The van der Waals surface area contributed by atoms with E-state index in [9.17, 15) is 26.4 Å². The maximum Gasteiger partial charge on any atom is 0.416 e. The predicted molar refractivity (Wildman–Crippen MR) is 102 cm³/mol. The van der Waals surface area contributed by atoms with Crippen molar-refractivity contribution in [2.75, 3.05) is 11.9 Å². The number of nitrogens with one attached hydrogen (secondary N) is 2. The van der Waals surface area contributed by atoms with Crippen LogP contribution in [0.25, 0.3) is 0 Å². The van der Waals surface area contributed by atoms with Crippen molar-refractivity contribution < 1.29 is 31.1 Å². The Hall–Kier alpha value is -2.59. The SMILES string of the molecule is CCOc1ccc(C(=O)Nc2cccc(C(F)(F)F)c2)cc1S(=O)(=O)NC(C)C. The number of alkyl halides is 3. The van der Waals surface area contributed by atoms with Gasteiger partial charge in [0.25, 0.3) is 5.91 Å². The molecule has 0 fully saturated rings. The van der Waals surface area contributed by atoms with Crippen LogP contribution in [-0.2, 0) is 16.2 Å². The third-order valence-electron chi connectivity index (χ3n) is 3.63. The molecule has 10 heteroatoms.